The fraction of sp³-hybridized carbons (Fsp3) is 1.00. The van der Waals surface area contributed by atoms with Crippen LogP contribution in [0.3, 0.4) is 0 Å². The average molecular weight is 206 g/mol. The van der Waals surface area contributed by atoms with Gasteiger partial charge >= 0.3 is 0 Å². The molecule has 2 saturated heterocycles. The smallest absolute Gasteiger partial charge is 0.167 e. The standard InChI is InChI=1S/C8H14O4S/c1-8(2)11-5-4-13(10)6(3-9)7(5)12-8/h5-7,9H,3-4H2,1-2H3/t5-,6+,7-,13?/m0/s1. The molecule has 0 bridgehead atoms. The first-order chi connectivity index (χ1) is 6.03. The van der Waals surface area contributed by atoms with Crippen molar-refractivity contribution in [1.29, 1.82) is 0 Å². The van der Waals surface area contributed by atoms with Crippen LogP contribution in [-0.2, 0) is 20.6 Å². The molecular weight excluding hydrogens is 192 g/mol. The Kier molecular flexibility index (Phi) is 2.32. The highest BCUT2D eigenvalue weighted by Gasteiger charge is 2.56. The van der Waals surface area contributed by atoms with Gasteiger partial charge in [0.1, 0.15) is 18.0 Å². The normalized spacial score (nSPS) is 48.0. The SMILES string of the molecule is CC1(C)O[C@H]2[C@H](C[S+]([O-])[C@@H]2CO)O1. The topological polar surface area (TPSA) is 61.8 Å². The van der Waals surface area contributed by atoms with Gasteiger partial charge in [-0.1, -0.05) is 0 Å². The molecule has 0 aromatic heterocycles. The molecule has 2 aliphatic heterocycles. The highest BCUT2D eigenvalue weighted by atomic mass is 32.2. The van der Waals surface area contributed by atoms with Crippen molar-refractivity contribution in [3.05, 3.63) is 0 Å². The lowest BCUT2D eigenvalue weighted by Gasteiger charge is -2.21. The second-order valence-electron chi connectivity index (χ2n) is 3.91. The zero-order chi connectivity index (χ0) is 9.64. The maximum atomic E-state index is 11.4. The van der Waals surface area contributed by atoms with E-state index < -0.39 is 17.0 Å². The zero-order valence-electron chi connectivity index (χ0n) is 7.73. The molecule has 2 heterocycles. The van der Waals surface area contributed by atoms with E-state index in [0.29, 0.717) is 5.75 Å². The van der Waals surface area contributed by atoms with Crippen LogP contribution in [0.1, 0.15) is 13.8 Å². The highest BCUT2D eigenvalue weighted by Crippen LogP contribution is 2.37. The van der Waals surface area contributed by atoms with Crippen LogP contribution in [0.4, 0.5) is 0 Å². The first kappa shape index (κ1) is 9.73. The minimum atomic E-state index is -1.00. The van der Waals surface area contributed by atoms with Crippen molar-refractivity contribution in [2.45, 2.75) is 37.1 Å². The van der Waals surface area contributed by atoms with E-state index >= 15 is 0 Å². The van der Waals surface area contributed by atoms with E-state index in [1.54, 1.807) is 0 Å². The van der Waals surface area contributed by atoms with Crippen molar-refractivity contribution < 1.29 is 19.1 Å². The predicted octanol–water partition coefficient (Wildman–Crippen LogP) is -0.370. The monoisotopic (exact) mass is 206 g/mol. The van der Waals surface area contributed by atoms with E-state index in [2.05, 4.69) is 0 Å². The van der Waals surface area contributed by atoms with Gasteiger partial charge in [0, 0.05) is 0 Å². The third kappa shape index (κ3) is 1.59. The Morgan fingerprint density at radius 1 is 1.54 bits per heavy atom. The van der Waals surface area contributed by atoms with E-state index in [0.717, 1.165) is 0 Å². The maximum absolute atomic E-state index is 11.4. The number of ether oxygens (including phenoxy) is 2. The zero-order valence-corrected chi connectivity index (χ0v) is 8.54. The number of hydrogen-bond donors (Lipinski definition) is 1. The van der Waals surface area contributed by atoms with Gasteiger partial charge < -0.3 is 19.1 Å². The molecule has 0 aromatic rings. The van der Waals surface area contributed by atoms with Crippen LogP contribution in [0, 0.1) is 0 Å². The Labute approximate surface area is 80.4 Å². The molecule has 0 spiro atoms. The van der Waals surface area contributed by atoms with Crippen molar-refractivity contribution in [1.82, 2.24) is 0 Å². The Morgan fingerprint density at radius 2 is 2.23 bits per heavy atom. The Balaban J connectivity index is 2.10. The van der Waals surface area contributed by atoms with Crippen LogP contribution >= 0.6 is 0 Å². The van der Waals surface area contributed by atoms with Gasteiger partial charge in [-0.3, -0.25) is 0 Å². The van der Waals surface area contributed by atoms with Gasteiger partial charge in [0.2, 0.25) is 0 Å². The number of rotatable bonds is 1. The summed E-state index contributed by atoms with van der Waals surface area (Å²) in [5.41, 5.74) is 0. The first-order valence-electron chi connectivity index (χ1n) is 4.37. The predicted molar refractivity (Wildman–Crippen MR) is 47.7 cm³/mol. The molecule has 2 aliphatic rings. The van der Waals surface area contributed by atoms with Crippen molar-refractivity contribution in [2.24, 2.45) is 0 Å². The largest absolute Gasteiger partial charge is 0.616 e. The summed E-state index contributed by atoms with van der Waals surface area (Å²) in [6, 6.07) is 0. The van der Waals surface area contributed by atoms with Crippen LogP contribution in [0.5, 0.6) is 0 Å². The minimum absolute atomic E-state index is 0.0901. The van der Waals surface area contributed by atoms with E-state index in [1.165, 1.54) is 0 Å². The minimum Gasteiger partial charge on any atom is -0.616 e. The molecule has 0 aromatic carbocycles. The first-order valence-corrected chi connectivity index (χ1v) is 5.75. The summed E-state index contributed by atoms with van der Waals surface area (Å²) >= 11 is -1.00. The quantitative estimate of drug-likeness (QED) is 0.595. The molecule has 1 N–H and O–H groups in total. The molecule has 2 rings (SSSR count). The van der Waals surface area contributed by atoms with Gasteiger partial charge in [0.25, 0.3) is 0 Å². The molecule has 1 unspecified atom stereocenters. The summed E-state index contributed by atoms with van der Waals surface area (Å²) in [6.45, 7) is 3.58. The summed E-state index contributed by atoms with van der Waals surface area (Å²) in [6.07, 6.45) is -0.297. The van der Waals surface area contributed by atoms with Crippen molar-refractivity contribution >= 4 is 11.2 Å². The van der Waals surface area contributed by atoms with E-state index in [9.17, 15) is 4.55 Å². The lowest BCUT2D eigenvalue weighted by atomic mass is 10.2. The van der Waals surface area contributed by atoms with Gasteiger partial charge in [-0.15, -0.1) is 0 Å². The Morgan fingerprint density at radius 3 is 2.85 bits per heavy atom. The van der Waals surface area contributed by atoms with Crippen molar-refractivity contribution in [2.75, 3.05) is 12.4 Å². The van der Waals surface area contributed by atoms with Crippen molar-refractivity contribution in [3.8, 4) is 0 Å². The van der Waals surface area contributed by atoms with Crippen LogP contribution in [0.15, 0.2) is 0 Å². The highest BCUT2D eigenvalue weighted by molar-refractivity contribution is 7.92. The van der Waals surface area contributed by atoms with Gasteiger partial charge in [-0.25, -0.2) is 0 Å². The molecule has 0 radical (unpaired) electrons. The molecule has 4 atom stereocenters. The molecule has 5 heteroatoms. The lowest BCUT2D eigenvalue weighted by Crippen LogP contribution is -2.34. The summed E-state index contributed by atoms with van der Waals surface area (Å²) in [5.74, 6) is -0.104. The molecule has 0 saturated carbocycles. The third-order valence-corrected chi connectivity index (χ3v) is 4.18. The van der Waals surface area contributed by atoms with Crippen LogP contribution in [-0.4, -0.2) is 45.3 Å². The summed E-state index contributed by atoms with van der Waals surface area (Å²) < 4.78 is 22.5. The Bertz CT molecular complexity index is 208. The number of fused-ring (bicyclic) bond motifs is 1. The fourth-order valence-electron chi connectivity index (χ4n) is 1.93. The summed E-state index contributed by atoms with van der Waals surface area (Å²) in [4.78, 5) is 0. The summed E-state index contributed by atoms with van der Waals surface area (Å²) in [5, 5.41) is 8.75. The molecule has 13 heavy (non-hydrogen) atoms. The average Bonchev–Trinajstić information content (AvgIpc) is 2.39. The summed E-state index contributed by atoms with van der Waals surface area (Å²) in [7, 11) is 0. The van der Waals surface area contributed by atoms with E-state index in [4.69, 9.17) is 14.6 Å². The van der Waals surface area contributed by atoms with E-state index in [1.807, 2.05) is 13.8 Å². The van der Waals surface area contributed by atoms with Crippen LogP contribution in [0.25, 0.3) is 0 Å². The van der Waals surface area contributed by atoms with Gasteiger partial charge in [0.05, 0.1) is 6.61 Å². The second kappa shape index (κ2) is 3.10. The molecule has 4 nitrogen and oxygen atoms in total. The maximum Gasteiger partial charge on any atom is 0.167 e. The number of aliphatic hydroxyl groups excluding tert-OH is 1. The molecule has 0 aliphatic carbocycles. The number of hydrogen-bond acceptors (Lipinski definition) is 4. The Hall–Kier alpha value is 0.190. The van der Waals surface area contributed by atoms with Gasteiger partial charge in [-0.2, -0.15) is 0 Å². The number of aliphatic hydroxyl groups is 1. The van der Waals surface area contributed by atoms with Crippen LogP contribution in [0.2, 0.25) is 0 Å². The lowest BCUT2D eigenvalue weighted by molar-refractivity contribution is -0.146. The molecule has 76 valence electrons. The molecule has 2 fully saturated rings. The third-order valence-electron chi connectivity index (χ3n) is 2.43. The van der Waals surface area contributed by atoms with Gasteiger partial charge in [0.15, 0.2) is 11.0 Å². The fourth-order valence-corrected chi connectivity index (χ4v) is 3.45. The second-order valence-corrected chi connectivity index (χ2v) is 5.61. The van der Waals surface area contributed by atoms with Crippen molar-refractivity contribution in [3.63, 3.8) is 0 Å². The molecule has 0 amide bonds. The van der Waals surface area contributed by atoms with Crippen LogP contribution < -0.4 is 0 Å². The van der Waals surface area contributed by atoms with Gasteiger partial charge in [-0.05, 0) is 25.0 Å². The molecular formula is C8H14O4S. The van der Waals surface area contributed by atoms with E-state index in [-0.39, 0.29) is 24.1 Å².